The van der Waals surface area contributed by atoms with E-state index < -0.39 is 0 Å². The minimum atomic E-state index is -0.0171. The number of carbonyl (C=O) groups excluding carboxylic acids is 1. The molecule has 21 heavy (non-hydrogen) atoms. The summed E-state index contributed by atoms with van der Waals surface area (Å²) in [6, 6.07) is 1.74. The van der Waals surface area contributed by atoms with E-state index in [1.54, 1.807) is 6.07 Å². The van der Waals surface area contributed by atoms with E-state index in [4.69, 9.17) is 5.73 Å². The van der Waals surface area contributed by atoms with Crippen LogP contribution in [0.2, 0.25) is 0 Å². The van der Waals surface area contributed by atoms with Crippen molar-refractivity contribution in [1.29, 1.82) is 0 Å². The predicted octanol–water partition coefficient (Wildman–Crippen LogP) is 3.96. The second kappa shape index (κ2) is 10.3. The smallest absolute Gasteiger partial charge is 0.267 e. The zero-order valence-corrected chi connectivity index (χ0v) is 13.7. The van der Waals surface area contributed by atoms with E-state index in [0.29, 0.717) is 11.4 Å². The van der Waals surface area contributed by atoms with Crippen molar-refractivity contribution >= 4 is 11.6 Å². The molecule has 0 spiro atoms. The third-order valence-electron chi connectivity index (χ3n) is 3.81. The average molecular weight is 293 g/mol. The summed E-state index contributed by atoms with van der Waals surface area (Å²) in [6.45, 7) is 5.76. The van der Waals surface area contributed by atoms with Crippen molar-refractivity contribution < 1.29 is 4.79 Å². The third-order valence-corrected chi connectivity index (χ3v) is 3.81. The topological polar surface area (TPSA) is 60.1 Å². The highest BCUT2D eigenvalue weighted by Gasteiger charge is 2.10. The van der Waals surface area contributed by atoms with Gasteiger partial charge in [0.05, 0.1) is 5.69 Å². The number of nitrogens with one attached hydrogen (secondary N) is 1. The summed E-state index contributed by atoms with van der Waals surface area (Å²) >= 11 is 0. The molecule has 0 aliphatic carbocycles. The lowest BCUT2D eigenvalue weighted by Crippen LogP contribution is -2.26. The summed E-state index contributed by atoms with van der Waals surface area (Å²) in [7, 11) is 0. The van der Waals surface area contributed by atoms with Gasteiger partial charge in [0, 0.05) is 19.3 Å². The van der Waals surface area contributed by atoms with Gasteiger partial charge >= 0.3 is 0 Å². The Labute approximate surface area is 129 Å². The van der Waals surface area contributed by atoms with E-state index in [9.17, 15) is 4.79 Å². The Hall–Kier alpha value is -1.45. The number of nitrogen functional groups attached to an aromatic ring is 1. The fourth-order valence-electron chi connectivity index (χ4n) is 2.54. The maximum absolute atomic E-state index is 12.1. The van der Waals surface area contributed by atoms with Gasteiger partial charge in [-0.2, -0.15) is 0 Å². The fourth-order valence-corrected chi connectivity index (χ4v) is 2.54. The number of carbonyl (C=O) groups is 1. The molecule has 1 aromatic heterocycles. The number of anilines is 1. The normalized spacial score (nSPS) is 10.8. The van der Waals surface area contributed by atoms with Crippen LogP contribution < -0.4 is 11.1 Å². The van der Waals surface area contributed by atoms with Crippen LogP contribution in [0.5, 0.6) is 0 Å². The van der Waals surface area contributed by atoms with Gasteiger partial charge in [-0.3, -0.25) is 4.79 Å². The van der Waals surface area contributed by atoms with Crippen molar-refractivity contribution in [1.82, 2.24) is 9.88 Å². The minimum Gasteiger partial charge on any atom is -0.397 e. The molecule has 0 atom stereocenters. The van der Waals surface area contributed by atoms with Gasteiger partial charge in [-0.25, -0.2) is 0 Å². The Morgan fingerprint density at radius 1 is 1.10 bits per heavy atom. The second-order valence-corrected chi connectivity index (χ2v) is 5.68. The lowest BCUT2D eigenvalue weighted by molar-refractivity contribution is 0.0944. The van der Waals surface area contributed by atoms with Gasteiger partial charge in [0.2, 0.25) is 0 Å². The molecule has 0 radical (unpaired) electrons. The fraction of sp³-hybridized carbons (Fsp3) is 0.706. The van der Waals surface area contributed by atoms with E-state index in [-0.39, 0.29) is 5.91 Å². The predicted molar refractivity (Wildman–Crippen MR) is 89.5 cm³/mol. The molecule has 120 valence electrons. The van der Waals surface area contributed by atoms with Crippen LogP contribution >= 0.6 is 0 Å². The lowest BCUT2D eigenvalue weighted by atomic mass is 10.1. The first-order valence-corrected chi connectivity index (χ1v) is 8.42. The summed E-state index contributed by atoms with van der Waals surface area (Å²) in [4.78, 5) is 12.1. The molecule has 1 rings (SSSR count). The number of nitrogens with two attached hydrogens (primary N) is 1. The van der Waals surface area contributed by atoms with Crippen molar-refractivity contribution in [3.05, 3.63) is 18.0 Å². The second-order valence-electron chi connectivity index (χ2n) is 5.68. The van der Waals surface area contributed by atoms with Crippen molar-refractivity contribution in [2.75, 3.05) is 12.3 Å². The first kappa shape index (κ1) is 17.6. The number of rotatable bonds is 11. The highest BCUT2D eigenvalue weighted by atomic mass is 16.1. The Balaban J connectivity index is 2.11. The van der Waals surface area contributed by atoms with Crippen LogP contribution in [0.1, 0.15) is 75.7 Å². The largest absolute Gasteiger partial charge is 0.397 e. The van der Waals surface area contributed by atoms with Gasteiger partial charge in [0.1, 0.15) is 5.69 Å². The molecule has 3 N–H and O–H groups in total. The molecule has 4 nitrogen and oxygen atoms in total. The number of hydrogen-bond acceptors (Lipinski definition) is 2. The monoisotopic (exact) mass is 293 g/mol. The molecule has 1 amide bonds. The first-order chi connectivity index (χ1) is 10.2. The molecule has 0 aliphatic rings. The molecule has 0 bridgehead atoms. The molecule has 0 fully saturated rings. The van der Waals surface area contributed by atoms with Crippen molar-refractivity contribution in [3.8, 4) is 0 Å². The molecule has 0 aromatic carbocycles. The molecule has 1 aromatic rings. The maximum Gasteiger partial charge on any atom is 0.267 e. The van der Waals surface area contributed by atoms with Crippen molar-refractivity contribution in [2.24, 2.45) is 0 Å². The summed E-state index contributed by atoms with van der Waals surface area (Å²) in [5.41, 5.74) is 7.05. The molecule has 4 heteroatoms. The quantitative estimate of drug-likeness (QED) is 0.607. The minimum absolute atomic E-state index is 0.0171. The van der Waals surface area contributed by atoms with Gasteiger partial charge in [-0.15, -0.1) is 0 Å². The van der Waals surface area contributed by atoms with E-state index in [1.165, 1.54) is 44.9 Å². The Morgan fingerprint density at radius 2 is 1.71 bits per heavy atom. The molecule has 0 saturated carbocycles. The zero-order chi connectivity index (χ0) is 15.5. The van der Waals surface area contributed by atoms with Crippen molar-refractivity contribution in [2.45, 2.75) is 71.8 Å². The van der Waals surface area contributed by atoms with E-state index in [1.807, 2.05) is 17.7 Å². The first-order valence-electron chi connectivity index (χ1n) is 8.42. The SMILES string of the molecule is CCCCCCCCCCNC(=O)c1cc(N)cn1CC. The molecule has 1 heterocycles. The Bertz CT molecular complexity index is 412. The van der Waals surface area contributed by atoms with Gasteiger partial charge in [0.25, 0.3) is 5.91 Å². The molecule has 0 aliphatic heterocycles. The zero-order valence-electron chi connectivity index (χ0n) is 13.7. The van der Waals surface area contributed by atoms with E-state index in [2.05, 4.69) is 12.2 Å². The number of aryl methyl sites for hydroxylation is 1. The summed E-state index contributed by atoms with van der Waals surface area (Å²) < 4.78 is 1.89. The number of amides is 1. The highest BCUT2D eigenvalue weighted by molar-refractivity contribution is 5.93. The third kappa shape index (κ3) is 6.69. The Kier molecular flexibility index (Phi) is 8.63. The molecule has 0 unspecified atom stereocenters. The molecular weight excluding hydrogens is 262 g/mol. The standard InChI is InChI=1S/C17H31N3O/c1-3-5-6-7-8-9-10-11-12-19-17(21)16-13-15(18)14-20(16)4-2/h13-14H,3-12,18H2,1-2H3,(H,19,21). The van der Waals surface area contributed by atoms with Crippen LogP contribution in [0.25, 0.3) is 0 Å². The van der Waals surface area contributed by atoms with Crippen LogP contribution in [0, 0.1) is 0 Å². The summed E-state index contributed by atoms with van der Waals surface area (Å²) in [5.74, 6) is -0.0171. The summed E-state index contributed by atoms with van der Waals surface area (Å²) in [6.07, 6.45) is 12.0. The van der Waals surface area contributed by atoms with Gasteiger partial charge < -0.3 is 15.6 Å². The number of nitrogens with zero attached hydrogens (tertiary/aromatic N) is 1. The number of aromatic nitrogens is 1. The maximum atomic E-state index is 12.1. The van der Waals surface area contributed by atoms with Crippen LogP contribution in [-0.2, 0) is 6.54 Å². The summed E-state index contributed by atoms with van der Waals surface area (Å²) in [5, 5.41) is 2.98. The van der Waals surface area contributed by atoms with Gasteiger partial charge in [-0.1, -0.05) is 51.9 Å². The van der Waals surface area contributed by atoms with Crippen LogP contribution in [0.15, 0.2) is 12.3 Å². The van der Waals surface area contributed by atoms with Crippen LogP contribution in [-0.4, -0.2) is 17.0 Å². The lowest BCUT2D eigenvalue weighted by Gasteiger charge is -2.07. The van der Waals surface area contributed by atoms with E-state index >= 15 is 0 Å². The highest BCUT2D eigenvalue weighted by Crippen LogP contribution is 2.11. The van der Waals surface area contributed by atoms with E-state index in [0.717, 1.165) is 19.5 Å². The average Bonchev–Trinajstić information content (AvgIpc) is 2.86. The van der Waals surface area contributed by atoms with Crippen LogP contribution in [0.4, 0.5) is 5.69 Å². The number of unbranched alkanes of at least 4 members (excludes halogenated alkanes) is 7. The van der Waals surface area contributed by atoms with Crippen molar-refractivity contribution in [3.63, 3.8) is 0 Å². The molecular formula is C17H31N3O. The molecule has 0 saturated heterocycles. The van der Waals surface area contributed by atoms with Gasteiger partial charge in [-0.05, 0) is 19.4 Å². The Morgan fingerprint density at radius 3 is 2.33 bits per heavy atom. The van der Waals surface area contributed by atoms with Gasteiger partial charge in [0.15, 0.2) is 0 Å². The number of hydrogen-bond donors (Lipinski definition) is 2. The van der Waals surface area contributed by atoms with Crippen LogP contribution in [0.3, 0.4) is 0 Å².